The highest BCUT2D eigenvalue weighted by molar-refractivity contribution is 5.25. The SMILES string of the molecule is C=CCCOCc1ccc(C2CCC([C@H]3CC[C@H](/C=C/C)CC3)CC2)cc1. The van der Waals surface area contributed by atoms with E-state index in [0.29, 0.717) is 0 Å². The van der Waals surface area contributed by atoms with Gasteiger partial charge in [0.25, 0.3) is 0 Å². The molecule has 1 aromatic carbocycles. The second-order valence-electron chi connectivity index (χ2n) is 8.68. The topological polar surface area (TPSA) is 9.23 Å². The Morgan fingerprint density at radius 3 is 2.15 bits per heavy atom. The molecule has 2 aliphatic carbocycles. The summed E-state index contributed by atoms with van der Waals surface area (Å²) in [5.74, 6) is 3.63. The average Bonchev–Trinajstić information content (AvgIpc) is 2.73. The van der Waals surface area contributed by atoms with E-state index in [-0.39, 0.29) is 0 Å². The van der Waals surface area contributed by atoms with Crippen LogP contribution in [0.4, 0.5) is 0 Å². The monoisotopic (exact) mass is 366 g/mol. The first-order valence-electron chi connectivity index (χ1n) is 11.2. The van der Waals surface area contributed by atoms with Gasteiger partial charge >= 0.3 is 0 Å². The first-order valence-corrected chi connectivity index (χ1v) is 11.2. The highest BCUT2D eigenvalue weighted by Gasteiger charge is 2.30. The molecule has 0 amide bonds. The van der Waals surface area contributed by atoms with Gasteiger partial charge in [0.1, 0.15) is 0 Å². The van der Waals surface area contributed by atoms with Gasteiger partial charge in [-0.2, -0.15) is 0 Å². The lowest BCUT2D eigenvalue weighted by atomic mass is 9.68. The zero-order valence-electron chi connectivity index (χ0n) is 17.2. The van der Waals surface area contributed by atoms with Gasteiger partial charge in [-0.05, 0) is 99.5 Å². The fourth-order valence-corrected chi connectivity index (χ4v) is 5.25. The van der Waals surface area contributed by atoms with Gasteiger partial charge in [0.2, 0.25) is 0 Å². The van der Waals surface area contributed by atoms with Crippen molar-refractivity contribution >= 4 is 0 Å². The Bertz CT molecular complexity index is 569. The lowest BCUT2D eigenvalue weighted by molar-refractivity contribution is 0.125. The summed E-state index contributed by atoms with van der Waals surface area (Å²) in [7, 11) is 0. The second-order valence-corrected chi connectivity index (χ2v) is 8.68. The van der Waals surface area contributed by atoms with E-state index >= 15 is 0 Å². The molecule has 1 nitrogen and oxygen atoms in total. The van der Waals surface area contributed by atoms with E-state index in [1.807, 2.05) is 6.08 Å². The highest BCUT2D eigenvalue weighted by Crippen LogP contribution is 2.44. The number of ether oxygens (including phenoxy) is 1. The summed E-state index contributed by atoms with van der Waals surface area (Å²) in [6, 6.07) is 9.22. The standard InChI is InChI=1S/C26H38O/c1-3-5-19-27-20-22-9-13-24(14-10-22)26-17-15-25(16-18-26)23-11-7-21(6-4-2)8-12-23/h3-4,6,9-10,13-14,21,23,25-26H,1,5,7-8,11-12,15-20H2,2H3/b6-4+/t21-,23-,25?,26?. The van der Waals surface area contributed by atoms with Crippen LogP contribution in [0, 0.1) is 17.8 Å². The summed E-state index contributed by atoms with van der Waals surface area (Å²) in [4.78, 5) is 0. The van der Waals surface area contributed by atoms with Gasteiger partial charge in [0.15, 0.2) is 0 Å². The minimum absolute atomic E-state index is 0.719. The zero-order chi connectivity index (χ0) is 18.9. The molecule has 0 N–H and O–H groups in total. The maximum absolute atomic E-state index is 5.67. The van der Waals surface area contributed by atoms with E-state index in [1.165, 1.54) is 56.9 Å². The van der Waals surface area contributed by atoms with Crippen molar-refractivity contribution in [3.8, 4) is 0 Å². The summed E-state index contributed by atoms with van der Waals surface area (Å²) in [6.07, 6.45) is 18.9. The van der Waals surface area contributed by atoms with E-state index in [9.17, 15) is 0 Å². The van der Waals surface area contributed by atoms with Gasteiger partial charge in [0.05, 0.1) is 13.2 Å². The van der Waals surface area contributed by atoms with E-state index in [4.69, 9.17) is 4.74 Å². The molecule has 3 rings (SSSR count). The van der Waals surface area contributed by atoms with E-state index < -0.39 is 0 Å². The lowest BCUT2D eigenvalue weighted by Crippen LogP contribution is -2.25. The highest BCUT2D eigenvalue weighted by atomic mass is 16.5. The molecule has 1 heteroatoms. The summed E-state index contributed by atoms with van der Waals surface area (Å²) >= 11 is 0. The molecule has 0 heterocycles. The molecule has 0 atom stereocenters. The summed E-state index contributed by atoms with van der Waals surface area (Å²) in [5, 5.41) is 0. The molecule has 2 aliphatic rings. The lowest BCUT2D eigenvalue weighted by Gasteiger charge is -2.37. The third kappa shape index (κ3) is 6.07. The van der Waals surface area contributed by atoms with E-state index in [0.717, 1.165) is 43.3 Å². The van der Waals surface area contributed by atoms with Gasteiger partial charge < -0.3 is 4.74 Å². The van der Waals surface area contributed by atoms with Crippen molar-refractivity contribution in [3.63, 3.8) is 0 Å². The molecule has 1 aromatic rings. The number of rotatable bonds is 8. The first kappa shape index (κ1) is 20.4. The maximum atomic E-state index is 5.67. The van der Waals surface area contributed by atoms with Crippen LogP contribution in [0.5, 0.6) is 0 Å². The Morgan fingerprint density at radius 2 is 1.56 bits per heavy atom. The first-order chi connectivity index (χ1) is 13.3. The number of hydrogen-bond donors (Lipinski definition) is 0. The molecule has 148 valence electrons. The normalized spacial score (nSPS) is 29.1. The Labute approximate surface area is 166 Å². The van der Waals surface area contributed by atoms with Crippen molar-refractivity contribution in [2.75, 3.05) is 6.61 Å². The Morgan fingerprint density at radius 1 is 0.926 bits per heavy atom. The van der Waals surface area contributed by atoms with Crippen LogP contribution in [0.1, 0.15) is 81.8 Å². The number of benzene rings is 1. The van der Waals surface area contributed by atoms with E-state index in [2.05, 4.69) is 49.9 Å². The van der Waals surface area contributed by atoms with Crippen molar-refractivity contribution in [2.24, 2.45) is 17.8 Å². The van der Waals surface area contributed by atoms with Crippen LogP contribution < -0.4 is 0 Å². The van der Waals surface area contributed by atoms with Crippen molar-refractivity contribution < 1.29 is 4.74 Å². The van der Waals surface area contributed by atoms with Crippen molar-refractivity contribution in [1.29, 1.82) is 0 Å². The molecule has 27 heavy (non-hydrogen) atoms. The second kappa shape index (κ2) is 10.9. The predicted octanol–water partition coefficient (Wildman–Crippen LogP) is 7.44. The zero-order valence-corrected chi connectivity index (χ0v) is 17.2. The van der Waals surface area contributed by atoms with Crippen LogP contribution in [-0.2, 0) is 11.3 Å². The summed E-state index contributed by atoms with van der Waals surface area (Å²) in [5.41, 5.74) is 2.83. The molecule has 2 fully saturated rings. The Hall–Kier alpha value is -1.34. The van der Waals surface area contributed by atoms with Gasteiger partial charge in [-0.3, -0.25) is 0 Å². The van der Waals surface area contributed by atoms with E-state index in [1.54, 1.807) is 5.56 Å². The fraction of sp³-hybridized carbons (Fsp3) is 0.615. The third-order valence-electron chi connectivity index (χ3n) is 6.91. The summed E-state index contributed by atoms with van der Waals surface area (Å²) in [6.45, 7) is 7.38. The largest absolute Gasteiger partial charge is 0.376 e. The Balaban J connectivity index is 1.42. The van der Waals surface area contributed by atoms with Crippen LogP contribution in [0.2, 0.25) is 0 Å². The van der Waals surface area contributed by atoms with Crippen LogP contribution in [0.3, 0.4) is 0 Å². The quantitative estimate of drug-likeness (QED) is 0.343. The van der Waals surface area contributed by atoms with Gasteiger partial charge in [-0.1, -0.05) is 42.5 Å². The smallest absolute Gasteiger partial charge is 0.0717 e. The van der Waals surface area contributed by atoms with Crippen LogP contribution in [0.15, 0.2) is 49.1 Å². The molecule has 0 spiro atoms. The maximum Gasteiger partial charge on any atom is 0.0717 e. The van der Waals surface area contributed by atoms with Gasteiger partial charge in [-0.25, -0.2) is 0 Å². The molecule has 0 radical (unpaired) electrons. The number of hydrogen-bond acceptors (Lipinski definition) is 1. The molecule has 0 bridgehead atoms. The number of allylic oxidation sites excluding steroid dienone is 2. The molecular formula is C26H38O. The molecule has 0 aromatic heterocycles. The van der Waals surface area contributed by atoms with Crippen molar-refractivity contribution in [1.82, 2.24) is 0 Å². The van der Waals surface area contributed by atoms with Crippen LogP contribution >= 0.6 is 0 Å². The van der Waals surface area contributed by atoms with Gasteiger partial charge in [0, 0.05) is 0 Å². The molecule has 0 aliphatic heterocycles. The predicted molar refractivity (Wildman–Crippen MR) is 116 cm³/mol. The molecular weight excluding hydrogens is 328 g/mol. The minimum atomic E-state index is 0.719. The third-order valence-corrected chi connectivity index (χ3v) is 6.91. The van der Waals surface area contributed by atoms with Gasteiger partial charge in [-0.15, -0.1) is 6.58 Å². The average molecular weight is 367 g/mol. The van der Waals surface area contributed by atoms with Crippen molar-refractivity contribution in [2.45, 2.75) is 77.2 Å². The van der Waals surface area contributed by atoms with Crippen LogP contribution in [0.25, 0.3) is 0 Å². The molecule has 0 unspecified atom stereocenters. The fourth-order valence-electron chi connectivity index (χ4n) is 5.25. The van der Waals surface area contributed by atoms with Crippen molar-refractivity contribution in [3.05, 3.63) is 60.2 Å². The molecule has 0 saturated heterocycles. The minimum Gasteiger partial charge on any atom is -0.376 e. The molecule has 2 saturated carbocycles. The summed E-state index contributed by atoms with van der Waals surface area (Å²) < 4.78 is 5.67. The Kier molecular flexibility index (Phi) is 8.20. The van der Waals surface area contributed by atoms with Crippen LogP contribution in [-0.4, -0.2) is 6.61 Å².